The first kappa shape index (κ1) is 18.5. The van der Waals surface area contributed by atoms with Gasteiger partial charge in [0.1, 0.15) is 5.54 Å². The highest BCUT2D eigenvalue weighted by atomic mass is 16.5. The number of benzene rings is 2. The summed E-state index contributed by atoms with van der Waals surface area (Å²) >= 11 is 0. The second-order valence-corrected chi connectivity index (χ2v) is 6.45. The summed E-state index contributed by atoms with van der Waals surface area (Å²) in [6.45, 7) is 0. The van der Waals surface area contributed by atoms with E-state index in [9.17, 15) is 14.7 Å². The van der Waals surface area contributed by atoms with E-state index in [-0.39, 0.29) is 12.8 Å². The minimum absolute atomic E-state index is 0.272. The van der Waals surface area contributed by atoms with Gasteiger partial charge in [-0.1, -0.05) is 30.3 Å². The molecular formula is C21H21NO5. The number of nitrogens with one attached hydrogen (secondary N) is 1. The number of carbonyl (C=O) groups is 2. The number of carboxylic acids is 1. The fourth-order valence-electron chi connectivity index (χ4n) is 3.31. The highest BCUT2D eigenvalue weighted by Crippen LogP contribution is 2.31. The first-order valence-corrected chi connectivity index (χ1v) is 8.50. The number of fused-ring (bicyclic) bond motifs is 1. The van der Waals surface area contributed by atoms with Crippen molar-refractivity contribution in [3.8, 4) is 11.5 Å². The number of amides is 1. The molecule has 27 heavy (non-hydrogen) atoms. The number of ether oxygens (including phenoxy) is 2. The number of rotatable bonds is 6. The Balaban J connectivity index is 1.75. The van der Waals surface area contributed by atoms with Crippen molar-refractivity contribution >= 4 is 18.0 Å². The number of methoxy groups -OCH3 is 2. The van der Waals surface area contributed by atoms with Gasteiger partial charge in [-0.25, -0.2) is 4.79 Å². The first-order valence-electron chi connectivity index (χ1n) is 8.50. The van der Waals surface area contributed by atoms with Gasteiger partial charge in [0.15, 0.2) is 11.5 Å². The normalized spacial score (nSPS) is 14.6. The zero-order chi connectivity index (χ0) is 19.4. The molecule has 6 nitrogen and oxygen atoms in total. The van der Waals surface area contributed by atoms with Crippen LogP contribution in [0.2, 0.25) is 0 Å². The van der Waals surface area contributed by atoms with Crippen molar-refractivity contribution in [2.75, 3.05) is 14.2 Å². The third-order valence-electron chi connectivity index (χ3n) is 4.71. The molecule has 0 radical (unpaired) electrons. The molecule has 2 aromatic carbocycles. The zero-order valence-electron chi connectivity index (χ0n) is 15.2. The summed E-state index contributed by atoms with van der Waals surface area (Å²) in [4.78, 5) is 24.3. The van der Waals surface area contributed by atoms with Gasteiger partial charge in [0.05, 0.1) is 14.2 Å². The van der Waals surface area contributed by atoms with E-state index in [0.29, 0.717) is 11.5 Å². The van der Waals surface area contributed by atoms with Crippen LogP contribution >= 0.6 is 0 Å². The van der Waals surface area contributed by atoms with Crippen LogP contribution in [0.5, 0.6) is 11.5 Å². The van der Waals surface area contributed by atoms with Gasteiger partial charge in [0.2, 0.25) is 5.91 Å². The molecule has 0 saturated heterocycles. The van der Waals surface area contributed by atoms with E-state index in [1.807, 2.05) is 24.3 Å². The number of carboxylic acid groups (broad SMARTS) is 1. The first-order chi connectivity index (χ1) is 13.0. The molecule has 0 spiro atoms. The maximum Gasteiger partial charge on any atom is 0.330 e. The highest BCUT2D eigenvalue weighted by molar-refractivity contribution is 5.96. The highest BCUT2D eigenvalue weighted by Gasteiger charge is 2.44. The van der Waals surface area contributed by atoms with Crippen molar-refractivity contribution in [2.45, 2.75) is 18.4 Å². The number of hydrogen-bond acceptors (Lipinski definition) is 4. The summed E-state index contributed by atoms with van der Waals surface area (Å²) in [6, 6.07) is 12.8. The zero-order valence-corrected chi connectivity index (χ0v) is 15.2. The van der Waals surface area contributed by atoms with Crippen molar-refractivity contribution in [1.82, 2.24) is 5.32 Å². The Morgan fingerprint density at radius 2 is 1.67 bits per heavy atom. The lowest BCUT2D eigenvalue weighted by Crippen LogP contribution is -2.55. The molecule has 1 amide bonds. The molecule has 6 heteroatoms. The van der Waals surface area contributed by atoms with E-state index in [1.165, 1.54) is 13.2 Å². The van der Waals surface area contributed by atoms with Gasteiger partial charge in [-0.2, -0.15) is 0 Å². The van der Waals surface area contributed by atoms with Gasteiger partial charge in [-0.3, -0.25) is 4.79 Å². The second kappa shape index (κ2) is 7.53. The molecule has 0 bridgehead atoms. The van der Waals surface area contributed by atoms with Gasteiger partial charge >= 0.3 is 5.97 Å². The Morgan fingerprint density at radius 3 is 2.22 bits per heavy atom. The Bertz CT molecular complexity index is 878. The summed E-state index contributed by atoms with van der Waals surface area (Å²) in [7, 11) is 3.08. The fourth-order valence-corrected chi connectivity index (χ4v) is 3.31. The minimum Gasteiger partial charge on any atom is -0.493 e. The Hall–Kier alpha value is -3.28. The smallest absolute Gasteiger partial charge is 0.330 e. The molecule has 0 fully saturated rings. The molecular weight excluding hydrogens is 346 g/mol. The lowest BCUT2D eigenvalue weighted by atomic mass is 9.95. The van der Waals surface area contributed by atoms with Gasteiger partial charge in [0.25, 0.3) is 0 Å². The standard InChI is InChI=1S/C21H21NO5/c1-26-17-9-7-14(11-18(17)27-2)8-10-19(23)22-21(20(24)25)12-15-5-3-4-6-16(15)13-21/h3-11H,12-13H2,1-2H3,(H,22,23)(H,24,25). The average Bonchev–Trinajstić information content (AvgIpc) is 3.05. The lowest BCUT2D eigenvalue weighted by Gasteiger charge is -2.24. The van der Waals surface area contributed by atoms with Gasteiger partial charge in [-0.15, -0.1) is 0 Å². The van der Waals surface area contributed by atoms with E-state index in [1.54, 1.807) is 31.4 Å². The maximum absolute atomic E-state index is 12.4. The Labute approximate surface area is 157 Å². The van der Waals surface area contributed by atoms with Crippen molar-refractivity contribution in [1.29, 1.82) is 0 Å². The largest absolute Gasteiger partial charge is 0.493 e. The van der Waals surface area contributed by atoms with E-state index in [2.05, 4.69) is 5.32 Å². The molecule has 0 heterocycles. The van der Waals surface area contributed by atoms with Crippen molar-refractivity contribution < 1.29 is 24.2 Å². The van der Waals surface area contributed by atoms with Crippen molar-refractivity contribution in [3.63, 3.8) is 0 Å². The summed E-state index contributed by atoms with van der Waals surface area (Å²) in [6.07, 6.45) is 3.48. The van der Waals surface area contributed by atoms with Crippen LogP contribution in [0.4, 0.5) is 0 Å². The van der Waals surface area contributed by atoms with Crippen LogP contribution in [0.15, 0.2) is 48.5 Å². The molecule has 0 aromatic heterocycles. The number of carbonyl (C=O) groups excluding carboxylic acids is 1. The molecule has 140 valence electrons. The average molecular weight is 367 g/mol. The van der Waals surface area contributed by atoms with Gasteiger partial charge in [0, 0.05) is 18.9 Å². The molecule has 3 rings (SSSR count). The summed E-state index contributed by atoms with van der Waals surface area (Å²) in [5.41, 5.74) is 1.32. The van der Waals surface area contributed by atoms with E-state index in [0.717, 1.165) is 16.7 Å². The predicted octanol–water partition coefficient (Wildman–Crippen LogP) is 2.46. The Morgan fingerprint density at radius 1 is 1.04 bits per heavy atom. The third kappa shape index (κ3) is 3.79. The van der Waals surface area contributed by atoms with Crippen LogP contribution in [0.3, 0.4) is 0 Å². The molecule has 0 aliphatic heterocycles. The minimum atomic E-state index is -1.32. The molecule has 1 aliphatic rings. The lowest BCUT2D eigenvalue weighted by molar-refractivity contribution is -0.146. The number of aliphatic carboxylic acids is 1. The van der Waals surface area contributed by atoms with E-state index >= 15 is 0 Å². The quantitative estimate of drug-likeness (QED) is 0.766. The van der Waals surface area contributed by atoms with Gasteiger partial charge < -0.3 is 19.9 Å². The van der Waals surface area contributed by atoms with Crippen molar-refractivity contribution in [2.24, 2.45) is 0 Å². The van der Waals surface area contributed by atoms with Gasteiger partial charge in [-0.05, 0) is 34.9 Å². The second-order valence-electron chi connectivity index (χ2n) is 6.45. The molecule has 0 saturated carbocycles. The van der Waals surface area contributed by atoms with Crippen LogP contribution in [0.25, 0.3) is 6.08 Å². The van der Waals surface area contributed by atoms with Crippen LogP contribution in [-0.4, -0.2) is 36.7 Å². The number of hydrogen-bond donors (Lipinski definition) is 2. The summed E-state index contributed by atoms with van der Waals surface area (Å²) in [5, 5.41) is 12.4. The van der Waals surface area contributed by atoms with E-state index in [4.69, 9.17) is 9.47 Å². The molecule has 2 aromatic rings. The molecule has 1 aliphatic carbocycles. The monoisotopic (exact) mass is 367 g/mol. The third-order valence-corrected chi connectivity index (χ3v) is 4.71. The summed E-state index contributed by atoms with van der Waals surface area (Å²) in [5.74, 6) is -0.354. The predicted molar refractivity (Wildman–Crippen MR) is 101 cm³/mol. The fraction of sp³-hybridized carbons (Fsp3) is 0.238. The van der Waals surface area contributed by atoms with Crippen LogP contribution in [0, 0.1) is 0 Å². The topological polar surface area (TPSA) is 84.9 Å². The van der Waals surface area contributed by atoms with Crippen molar-refractivity contribution in [3.05, 3.63) is 65.2 Å². The Kier molecular flexibility index (Phi) is 5.16. The molecule has 2 N–H and O–H groups in total. The summed E-state index contributed by atoms with van der Waals surface area (Å²) < 4.78 is 10.4. The van der Waals surface area contributed by atoms with Crippen LogP contribution < -0.4 is 14.8 Å². The maximum atomic E-state index is 12.4. The molecule has 0 unspecified atom stereocenters. The SMILES string of the molecule is COc1ccc(C=CC(=O)NC2(C(=O)O)Cc3ccccc3C2)cc1OC. The molecule has 0 atom stereocenters. The van der Waals surface area contributed by atoms with Crippen LogP contribution in [-0.2, 0) is 22.4 Å². The van der Waals surface area contributed by atoms with Crippen LogP contribution in [0.1, 0.15) is 16.7 Å². The van der Waals surface area contributed by atoms with E-state index < -0.39 is 17.4 Å².